The van der Waals surface area contributed by atoms with Crippen molar-refractivity contribution >= 4 is 49.4 Å². The number of para-hydroxylation sites is 1. The summed E-state index contributed by atoms with van der Waals surface area (Å²) in [7, 11) is -3.53. The molecular formula is C32H38F3N5O4S. The number of rotatable bonds is 8. The van der Waals surface area contributed by atoms with E-state index >= 15 is 0 Å². The van der Waals surface area contributed by atoms with E-state index in [4.69, 9.17) is 19.9 Å². The molecule has 1 heterocycles. The van der Waals surface area contributed by atoms with Crippen molar-refractivity contribution in [3.05, 3.63) is 66.7 Å². The minimum absolute atomic E-state index is 0.109. The Morgan fingerprint density at radius 1 is 0.867 bits per heavy atom. The van der Waals surface area contributed by atoms with Gasteiger partial charge in [0.2, 0.25) is 16.0 Å². The predicted molar refractivity (Wildman–Crippen MR) is 170 cm³/mol. The van der Waals surface area contributed by atoms with Crippen LogP contribution in [0.15, 0.2) is 71.6 Å². The van der Waals surface area contributed by atoms with Gasteiger partial charge in [-0.3, -0.25) is 0 Å². The lowest BCUT2D eigenvalue weighted by Crippen LogP contribution is -2.32. The van der Waals surface area contributed by atoms with Gasteiger partial charge in [-0.15, -0.1) is 0 Å². The van der Waals surface area contributed by atoms with E-state index in [1.165, 1.54) is 0 Å². The molecular weight excluding hydrogens is 607 g/mol. The summed E-state index contributed by atoms with van der Waals surface area (Å²) in [4.78, 5) is 18.7. The number of hydrogen-bond donors (Lipinski definition) is 4. The molecule has 242 valence electrons. The highest BCUT2D eigenvalue weighted by Gasteiger charge is 2.38. The number of anilines is 2. The van der Waals surface area contributed by atoms with Crippen molar-refractivity contribution in [2.45, 2.75) is 63.1 Å². The van der Waals surface area contributed by atoms with E-state index in [0.717, 1.165) is 59.7 Å². The third kappa shape index (κ3) is 9.76. The molecule has 1 aliphatic rings. The number of nitrogens with zero attached hydrogens (tertiary/aromatic N) is 2. The first-order valence-corrected chi connectivity index (χ1v) is 16.2. The third-order valence-electron chi connectivity index (χ3n) is 7.45. The maximum atomic E-state index is 12.9. The van der Waals surface area contributed by atoms with Crippen LogP contribution in [0.2, 0.25) is 0 Å². The molecule has 0 radical (unpaired) electrons. The lowest BCUT2D eigenvalue weighted by Gasteiger charge is -2.29. The van der Waals surface area contributed by atoms with E-state index in [0.29, 0.717) is 29.2 Å². The van der Waals surface area contributed by atoms with Gasteiger partial charge in [-0.25, -0.2) is 22.9 Å². The van der Waals surface area contributed by atoms with Crippen LogP contribution in [0.5, 0.6) is 0 Å². The molecule has 4 N–H and O–H groups in total. The van der Waals surface area contributed by atoms with Crippen LogP contribution in [0, 0.1) is 11.8 Å². The second kappa shape index (κ2) is 14.0. The summed E-state index contributed by atoms with van der Waals surface area (Å²) in [5, 5.41) is 17.1. The first kappa shape index (κ1) is 33.9. The van der Waals surface area contributed by atoms with Gasteiger partial charge >= 0.3 is 12.1 Å². The number of carboxylic acids is 1. The Bertz CT molecular complexity index is 1730. The van der Waals surface area contributed by atoms with Crippen LogP contribution in [0.4, 0.5) is 24.9 Å². The second-order valence-electron chi connectivity index (χ2n) is 12.2. The molecule has 9 nitrogen and oxygen atoms in total. The van der Waals surface area contributed by atoms with Crippen LogP contribution in [0.1, 0.15) is 46.5 Å². The molecule has 0 amide bonds. The number of carbonyl (C=O) groups is 1. The zero-order valence-electron chi connectivity index (χ0n) is 25.4. The Balaban J connectivity index is 0.000000591. The highest BCUT2D eigenvalue weighted by atomic mass is 32.2. The Morgan fingerprint density at radius 3 is 2.07 bits per heavy atom. The standard InChI is InChI=1S/C30H37N5O2S.C2HF3O2/c1-30(2,3)35-28-26-10-6-7-11-27(26)33-29(34-28)31-19-21-12-14-22(15-13-21)20-32-38(36,37)25-17-16-23-8-4-5-9-24(23)18-25;3-2(4,5)1(6)7/h4-11,16-18,21-22,32H,12-15,19-20H2,1-3H3,(H2,31,33,34,35);(H,6,7). The number of alkyl halides is 3. The topological polar surface area (TPSA) is 133 Å². The van der Waals surface area contributed by atoms with Gasteiger partial charge in [-0.2, -0.15) is 18.2 Å². The van der Waals surface area contributed by atoms with Crippen LogP contribution in [0.25, 0.3) is 21.7 Å². The van der Waals surface area contributed by atoms with Gasteiger partial charge in [0.15, 0.2) is 0 Å². The van der Waals surface area contributed by atoms with Gasteiger partial charge in [0, 0.05) is 24.0 Å². The van der Waals surface area contributed by atoms with Crippen LogP contribution in [-0.4, -0.2) is 54.3 Å². The Morgan fingerprint density at radius 2 is 1.44 bits per heavy atom. The van der Waals surface area contributed by atoms with E-state index < -0.39 is 22.2 Å². The molecule has 1 aliphatic carbocycles. The predicted octanol–water partition coefficient (Wildman–Crippen LogP) is 6.82. The summed E-state index contributed by atoms with van der Waals surface area (Å²) < 4.78 is 60.4. The van der Waals surface area contributed by atoms with Gasteiger partial charge in [0.1, 0.15) is 5.82 Å². The quantitative estimate of drug-likeness (QED) is 0.164. The highest BCUT2D eigenvalue weighted by Crippen LogP contribution is 2.30. The number of hydrogen-bond acceptors (Lipinski definition) is 7. The summed E-state index contributed by atoms with van der Waals surface area (Å²) in [5.41, 5.74) is 0.807. The summed E-state index contributed by atoms with van der Waals surface area (Å²) in [5.74, 6) is -0.417. The summed E-state index contributed by atoms with van der Waals surface area (Å²) >= 11 is 0. The van der Waals surface area contributed by atoms with Gasteiger partial charge in [0.25, 0.3) is 0 Å². The van der Waals surface area contributed by atoms with Crippen LogP contribution in [0.3, 0.4) is 0 Å². The zero-order valence-corrected chi connectivity index (χ0v) is 26.2. The van der Waals surface area contributed by atoms with E-state index in [1.54, 1.807) is 12.1 Å². The minimum Gasteiger partial charge on any atom is -0.475 e. The highest BCUT2D eigenvalue weighted by molar-refractivity contribution is 7.89. The Hall–Kier alpha value is -3.97. The second-order valence-corrected chi connectivity index (χ2v) is 14.0. The molecule has 13 heteroatoms. The summed E-state index contributed by atoms with van der Waals surface area (Å²) in [6.45, 7) is 7.65. The number of benzene rings is 3. The van der Waals surface area contributed by atoms with Crippen LogP contribution < -0.4 is 15.4 Å². The first-order valence-electron chi connectivity index (χ1n) is 14.7. The Kier molecular flexibility index (Phi) is 10.5. The van der Waals surface area contributed by atoms with Gasteiger partial charge in [-0.05, 0) is 93.3 Å². The molecule has 0 bridgehead atoms. The van der Waals surface area contributed by atoms with Crippen molar-refractivity contribution in [3.8, 4) is 0 Å². The molecule has 0 spiro atoms. The largest absolute Gasteiger partial charge is 0.490 e. The molecule has 45 heavy (non-hydrogen) atoms. The summed E-state index contributed by atoms with van der Waals surface area (Å²) in [6.07, 6.45) is -0.976. The monoisotopic (exact) mass is 645 g/mol. The zero-order chi connectivity index (χ0) is 32.8. The molecule has 0 saturated heterocycles. The number of halogens is 3. The fourth-order valence-electron chi connectivity index (χ4n) is 5.13. The van der Waals surface area contributed by atoms with Crippen molar-refractivity contribution in [1.82, 2.24) is 14.7 Å². The van der Waals surface area contributed by atoms with Crippen molar-refractivity contribution < 1.29 is 31.5 Å². The lowest BCUT2D eigenvalue weighted by atomic mass is 9.82. The molecule has 1 aromatic heterocycles. The van der Waals surface area contributed by atoms with Crippen LogP contribution in [-0.2, 0) is 14.8 Å². The molecule has 5 rings (SSSR count). The van der Waals surface area contributed by atoms with E-state index in [-0.39, 0.29) is 5.54 Å². The number of aliphatic carboxylic acids is 1. The Labute approximate surface area is 260 Å². The molecule has 4 aromatic rings. The molecule has 1 saturated carbocycles. The van der Waals surface area contributed by atoms with Crippen molar-refractivity contribution in [3.63, 3.8) is 0 Å². The maximum absolute atomic E-state index is 12.9. The molecule has 0 unspecified atom stereocenters. The molecule has 0 aliphatic heterocycles. The number of nitrogens with one attached hydrogen (secondary N) is 3. The van der Waals surface area contributed by atoms with Crippen molar-refractivity contribution in [1.29, 1.82) is 0 Å². The van der Waals surface area contributed by atoms with E-state index in [1.807, 2.05) is 54.6 Å². The smallest absolute Gasteiger partial charge is 0.475 e. The fraction of sp³-hybridized carbons (Fsp3) is 0.406. The first-order chi connectivity index (χ1) is 21.1. The average molecular weight is 646 g/mol. The normalized spacial score (nSPS) is 17.4. The number of aromatic nitrogens is 2. The van der Waals surface area contributed by atoms with E-state index in [2.05, 4.69) is 36.1 Å². The maximum Gasteiger partial charge on any atom is 0.490 e. The minimum atomic E-state index is -5.08. The molecule has 3 aromatic carbocycles. The molecule has 0 atom stereocenters. The lowest BCUT2D eigenvalue weighted by molar-refractivity contribution is -0.192. The number of sulfonamides is 1. The number of carboxylic acid groups (broad SMARTS) is 1. The van der Waals surface area contributed by atoms with Crippen molar-refractivity contribution in [2.24, 2.45) is 11.8 Å². The summed E-state index contributed by atoms with van der Waals surface area (Å²) in [6, 6.07) is 21.2. The van der Waals surface area contributed by atoms with Gasteiger partial charge in [-0.1, -0.05) is 42.5 Å². The third-order valence-corrected chi connectivity index (χ3v) is 8.87. The van der Waals surface area contributed by atoms with Gasteiger partial charge in [0.05, 0.1) is 10.4 Å². The van der Waals surface area contributed by atoms with E-state index in [9.17, 15) is 21.6 Å². The SMILES string of the molecule is CC(C)(C)Nc1nc(NCC2CCC(CNS(=O)(=O)c3ccc4ccccc4c3)CC2)nc2ccccc12.O=C(O)C(F)(F)F. The number of fused-ring (bicyclic) bond motifs is 2. The average Bonchev–Trinajstić information content (AvgIpc) is 2.98. The fourth-order valence-corrected chi connectivity index (χ4v) is 6.28. The van der Waals surface area contributed by atoms with Gasteiger partial charge < -0.3 is 15.7 Å². The van der Waals surface area contributed by atoms with Crippen LogP contribution >= 0.6 is 0 Å². The molecule has 1 fully saturated rings. The van der Waals surface area contributed by atoms with Crippen molar-refractivity contribution in [2.75, 3.05) is 23.7 Å².